The molecule has 0 radical (unpaired) electrons. The van der Waals surface area contributed by atoms with Crippen LogP contribution >= 0.6 is 7.82 Å². The highest BCUT2D eigenvalue weighted by Crippen LogP contribution is 2.45. The first-order chi connectivity index (χ1) is 7.70. The second-order valence-electron chi connectivity index (χ2n) is 3.15. The maximum absolute atomic E-state index is 11.2. The Kier molecular flexibility index (Phi) is 4.29. The SMILES string of the molecule is CS(=O)(=O)OP(=O)(O)OCc1ccccc1O. The van der Waals surface area contributed by atoms with Gasteiger partial charge in [0.15, 0.2) is 0 Å². The van der Waals surface area contributed by atoms with E-state index in [0.717, 1.165) is 0 Å². The van der Waals surface area contributed by atoms with Crippen molar-refractivity contribution < 1.29 is 31.5 Å². The third-order valence-electron chi connectivity index (χ3n) is 1.60. The molecule has 17 heavy (non-hydrogen) atoms. The Morgan fingerprint density at radius 1 is 1.35 bits per heavy atom. The Hall–Kier alpha value is -0.920. The molecule has 2 N–H and O–H groups in total. The topological polar surface area (TPSA) is 110 Å². The molecule has 0 saturated heterocycles. The summed E-state index contributed by atoms with van der Waals surface area (Å²) < 4.78 is 40.7. The molecule has 0 fully saturated rings. The summed E-state index contributed by atoms with van der Waals surface area (Å²) >= 11 is 0. The molecule has 1 atom stereocenters. The van der Waals surface area contributed by atoms with E-state index in [1.54, 1.807) is 12.1 Å². The van der Waals surface area contributed by atoms with E-state index >= 15 is 0 Å². The normalized spacial score (nSPS) is 15.4. The quantitative estimate of drug-likeness (QED) is 0.774. The van der Waals surface area contributed by atoms with E-state index in [9.17, 15) is 18.1 Å². The van der Waals surface area contributed by atoms with E-state index in [1.165, 1.54) is 12.1 Å². The zero-order chi connectivity index (χ0) is 13.1. The van der Waals surface area contributed by atoms with Gasteiger partial charge in [-0.1, -0.05) is 18.2 Å². The number of para-hydroxylation sites is 1. The van der Waals surface area contributed by atoms with E-state index in [-0.39, 0.29) is 11.3 Å². The maximum Gasteiger partial charge on any atom is 0.487 e. The number of phosphoric acid groups is 1. The molecule has 0 bridgehead atoms. The minimum Gasteiger partial charge on any atom is -0.508 e. The highest BCUT2D eigenvalue weighted by atomic mass is 32.2. The molecule has 1 aromatic rings. The summed E-state index contributed by atoms with van der Waals surface area (Å²) in [5.41, 5.74) is 0.235. The number of hydrogen-bond acceptors (Lipinski definition) is 6. The molecule has 0 saturated carbocycles. The molecule has 9 heteroatoms. The average molecular weight is 282 g/mol. The molecule has 0 amide bonds. The summed E-state index contributed by atoms with van der Waals surface area (Å²) in [5, 5.41) is 9.33. The number of aromatic hydroxyl groups is 1. The molecule has 0 heterocycles. The van der Waals surface area contributed by atoms with Crippen LogP contribution in [0.15, 0.2) is 24.3 Å². The first-order valence-corrected chi connectivity index (χ1v) is 7.66. The summed E-state index contributed by atoms with van der Waals surface area (Å²) in [5.74, 6) is -0.133. The Morgan fingerprint density at radius 2 is 1.94 bits per heavy atom. The summed E-state index contributed by atoms with van der Waals surface area (Å²) in [6, 6.07) is 5.96. The lowest BCUT2D eigenvalue weighted by Crippen LogP contribution is -2.03. The van der Waals surface area contributed by atoms with Gasteiger partial charge in [-0.05, 0) is 6.07 Å². The van der Waals surface area contributed by atoms with Crippen molar-refractivity contribution in [3.8, 4) is 5.75 Å². The van der Waals surface area contributed by atoms with E-state index in [1.807, 2.05) is 0 Å². The van der Waals surface area contributed by atoms with Crippen LogP contribution in [0.25, 0.3) is 0 Å². The number of benzene rings is 1. The van der Waals surface area contributed by atoms with Gasteiger partial charge < -0.3 is 10.00 Å². The molecule has 1 aromatic carbocycles. The van der Waals surface area contributed by atoms with E-state index in [4.69, 9.17) is 4.89 Å². The van der Waals surface area contributed by atoms with Crippen molar-refractivity contribution >= 4 is 17.9 Å². The standard InChI is InChI=1S/C8H11O7PS/c1-17(12,13)15-16(10,11)14-6-7-4-2-3-5-8(7)9/h2-5,9H,6H2,1H3,(H,10,11). The fourth-order valence-electron chi connectivity index (χ4n) is 0.977. The van der Waals surface area contributed by atoms with Gasteiger partial charge in [-0.15, -0.1) is 0 Å². The van der Waals surface area contributed by atoms with Gasteiger partial charge in [0.05, 0.1) is 12.9 Å². The highest BCUT2D eigenvalue weighted by Gasteiger charge is 2.27. The van der Waals surface area contributed by atoms with Gasteiger partial charge in [-0.3, -0.25) is 4.52 Å². The van der Waals surface area contributed by atoms with Gasteiger partial charge in [0, 0.05) is 5.56 Å². The van der Waals surface area contributed by atoms with Crippen molar-refractivity contribution in [2.75, 3.05) is 6.26 Å². The second kappa shape index (κ2) is 5.16. The Balaban J connectivity index is 2.68. The lowest BCUT2D eigenvalue weighted by molar-refractivity contribution is 0.196. The predicted molar refractivity (Wildman–Crippen MR) is 58.6 cm³/mol. The molecule has 1 rings (SSSR count). The monoisotopic (exact) mass is 282 g/mol. The van der Waals surface area contributed by atoms with Gasteiger partial charge in [0.25, 0.3) is 10.1 Å². The van der Waals surface area contributed by atoms with Crippen LogP contribution in [0.3, 0.4) is 0 Å². The highest BCUT2D eigenvalue weighted by molar-refractivity contribution is 7.89. The summed E-state index contributed by atoms with van der Waals surface area (Å²) in [4.78, 5) is 9.05. The third-order valence-corrected chi connectivity index (χ3v) is 3.90. The van der Waals surface area contributed by atoms with Gasteiger partial charge in [0.1, 0.15) is 5.75 Å². The van der Waals surface area contributed by atoms with Crippen molar-refractivity contribution in [1.29, 1.82) is 0 Å². The molecule has 0 spiro atoms. The number of phenols is 1. The van der Waals surface area contributed by atoms with Crippen molar-refractivity contribution in [3.05, 3.63) is 29.8 Å². The van der Waals surface area contributed by atoms with Gasteiger partial charge in [-0.2, -0.15) is 12.4 Å². The first kappa shape index (κ1) is 14.1. The lowest BCUT2D eigenvalue weighted by atomic mass is 10.2. The van der Waals surface area contributed by atoms with Crippen LogP contribution in [-0.4, -0.2) is 24.7 Å². The minimum absolute atomic E-state index is 0.133. The van der Waals surface area contributed by atoms with Gasteiger partial charge in [0.2, 0.25) is 0 Å². The number of rotatable bonds is 5. The molecule has 0 aliphatic heterocycles. The molecule has 0 aromatic heterocycles. The Labute approximate surface area is 98.4 Å². The Bertz CT molecular complexity index is 539. The van der Waals surface area contributed by atoms with Crippen LogP contribution in [-0.2, 0) is 29.8 Å². The summed E-state index contributed by atoms with van der Waals surface area (Å²) in [6.45, 7) is -0.448. The number of hydrogen-bond donors (Lipinski definition) is 2. The minimum atomic E-state index is -4.70. The third kappa shape index (κ3) is 5.29. The predicted octanol–water partition coefficient (Wildman–Crippen LogP) is 0.985. The molecule has 7 nitrogen and oxygen atoms in total. The largest absolute Gasteiger partial charge is 0.508 e. The van der Waals surface area contributed by atoms with Crippen molar-refractivity contribution in [2.24, 2.45) is 0 Å². The molecular weight excluding hydrogens is 271 g/mol. The van der Waals surface area contributed by atoms with Gasteiger partial charge in [-0.25, -0.2) is 4.57 Å². The number of phenolic OH excluding ortho intramolecular Hbond substituents is 1. The lowest BCUT2D eigenvalue weighted by Gasteiger charge is -2.10. The smallest absolute Gasteiger partial charge is 0.487 e. The number of phosphoric ester groups is 1. The zero-order valence-electron chi connectivity index (χ0n) is 8.81. The van der Waals surface area contributed by atoms with Crippen LogP contribution in [0.1, 0.15) is 5.56 Å². The second-order valence-corrected chi connectivity index (χ2v) is 6.35. The molecule has 0 aliphatic carbocycles. The average Bonchev–Trinajstić information content (AvgIpc) is 2.13. The summed E-state index contributed by atoms with van der Waals surface area (Å²) in [7, 11) is -8.80. The molecule has 0 aliphatic rings. The Morgan fingerprint density at radius 3 is 2.47 bits per heavy atom. The van der Waals surface area contributed by atoms with Gasteiger partial charge >= 0.3 is 7.82 Å². The van der Waals surface area contributed by atoms with Crippen molar-refractivity contribution in [3.63, 3.8) is 0 Å². The fraction of sp³-hybridized carbons (Fsp3) is 0.250. The first-order valence-electron chi connectivity index (χ1n) is 4.35. The molecule has 96 valence electrons. The zero-order valence-corrected chi connectivity index (χ0v) is 10.5. The van der Waals surface area contributed by atoms with Crippen LogP contribution in [0, 0.1) is 0 Å². The van der Waals surface area contributed by atoms with Crippen molar-refractivity contribution in [2.45, 2.75) is 6.61 Å². The van der Waals surface area contributed by atoms with Crippen LogP contribution in [0.4, 0.5) is 0 Å². The van der Waals surface area contributed by atoms with Crippen LogP contribution < -0.4 is 0 Å². The van der Waals surface area contributed by atoms with Crippen LogP contribution in [0.5, 0.6) is 5.75 Å². The van der Waals surface area contributed by atoms with E-state index in [0.29, 0.717) is 6.26 Å². The fourth-order valence-corrected chi connectivity index (χ4v) is 2.82. The molecule has 1 unspecified atom stereocenters. The van der Waals surface area contributed by atoms with E-state index in [2.05, 4.69) is 8.49 Å². The summed E-state index contributed by atoms with van der Waals surface area (Å²) in [6.07, 6.45) is 0.624. The molecular formula is C8H11O7PS. The van der Waals surface area contributed by atoms with Crippen LogP contribution in [0.2, 0.25) is 0 Å². The van der Waals surface area contributed by atoms with Crippen molar-refractivity contribution in [1.82, 2.24) is 0 Å². The maximum atomic E-state index is 11.2. The van der Waals surface area contributed by atoms with E-state index < -0.39 is 24.5 Å².